The summed E-state index contributed by atoms with van der Waals surface area (Å²) in [5.41, 5.74) is 1.01. The minimum absolute atomic E-state index is 0.00872. The summed E-state index contributed by atoms with van der Waals surface area (Å²) in [6, 6.07) is 9.97. The number of benzene rings is 2. The van der Waals surface area contributed by atoms with Gasteiger partial charge in [-0.15, -0.1) is 5.10 Å². The van der Waals surface area contributed by atoms with Crippen LogP contribution in [-0.4, -0.2) is 33.6 Å². The van der Waals surface area contributed by atoms with Crippen LogP contribution in [0.3, 0.4) is 0 Å². The number of rotatable bonds is 7. The number of carboxylic acids is 1. The van der Waals surface area contributed by atoms with Crippen LogP contribution in [-0.2, 0) is 16.2 Å². The molecular formula is C19H15F2N3O4S. The fraction of sp³-hybridized carbons (Fsp3) is 0.158. The molecule has 0 saturated carbocycles. The van der Waals surface area contributed by atoms with Crippen LogP contribution in [0.15, 0.2) is 52.7 Å². The maximum Gasteiger partial charge on any atom is 0.305 e. The van der Waals surface area contributed by atoms with Crippen molar-refractivity contribution in [3.8, 4) is 5.75 Å². The molecule has 150 valence electrons. The molecule has 1 unspecified atom stereocenters. The highest BCUT2D eigenvalue weighted by molar-refractivity contribution is 8.15. The third-order valence-corrected chi connectivity index (χ3v) is 4.75. The zero-order valence-corrected chi connectivity index (χ0v) is 15.7. The van der Waals surface area contributed by atoms with E-state index in [2.05, 4.69) is 15.5 Å². The number of ether oxygens (including phenoxy) is 1. The number of nitrogens with one attached hydrogen (secondary N) is 1. The lowest BCUT2D eigenvalue weighted by atomic mass is 10.2. The van der Waals surface area contributed by atoms with Gasteiger partial charge in [0, 0.05) is 6.07 Å². The normalized spacial score (nSPS) is 17.7. The molecule has 1 fully saturated rings. The molecule has 2 aromatic carbocycles. The van der Waals surface area contributed by atoms with Crippen molar-refractivity contribution in [3.63, 3.8) is 0 Å². The van der Waals surface area contributed by atoms with Crippen LogP contribution < -0.4 is 10.1 Å². The molecule has 1 atom stereocenters. The standard InChI is InChI=1S/C19H15F2N3O4S/c20-13-4-12(5-14(21)7-13)10-28-15-3-1-2-11(6-15)9-22-24-19-23-18(27)16(29-19)8-17(25)26/h1-7,9,16H,8,10H2,(H,25,26)(H,23,24,27). The number of carbonyl (C=O) groups is 2. The van der Waals surface area contributed by atoms with E-state index in [0.29, 0.717) is 16.9 Å². The second kappa shape index (κ2) is 9.28. The first-order chi connectivity index (χ1) is 13.9. The largest absolute Gasteiger partial charge is 0.489 e. The fourth-order valence-electron chi connectivity index (χ4n) is 2.44. The van der Waals surface area contributed by atoms with Crippen molar-refractivity contribution in [2.75, 3.05) is 0 Å². The van der Waals surface area contributed by atoms with Crippen LogP contribution in [0.4, 0.5) is 8.78 Å². The van der Waals surface area contributed by atoms with Crippen LogP contribution in [0, 0.1) is 11.6 Å². The van der Waals surface area contributed by atoms with Gasteiger partial charge in [0.15, 0.2) is 5.17 Å². The summed E-state index contributed by atoms with van der Waals surface area (Å²) in [7, 11) is 0. The second-order valence-electron chi connectivity index (χ2n) is 5.98. The molecule has 0 bridgehead atoms. The molecule has 0 radical (unpaired) electrons. The summed E-state index contributed by atoms with van der Waals surface area (Å²) in [6.45, 7) is -0.00872. The lowest BCUT2D eigenvalue weighted by molar-refractivity contribution is -0.138. The monoisotopic (exact) mass is 419 g/mol. The lowest BCUT2D eigenvalue weighted by Crippen LogP contribution is -2.26. The van der Waals surface area contributed by atoms with Crippen LogP contribution in [0.25, 0.3) is 0 Å². The summed E-state index contributed by atoms with van der Waals surface area (Å²) < 4.78 is 32.0. The van der Waals surface area contributed by atoms with E-state index in [9.17, 15) is 18.4 Å². The van der Waals surface area contributed by atoms with E-state index in [1.807, 2.05) is 0 Å². The molecule has 2 N–H and O–H groups in total. The van der Waals surface area contributed by atoms with Crippen LogP contribution in [0.5, 0.6) is 5.75 Å². The van der Waals surface area contributed by atoms with Gasteiger partial charge in [-0.25, -0.2) is 8.78 Å². The van der Waals surface area contributed by atoms with E-state index in [4.69, 9.17) is 9.84 Å². The van der Waals surface area contributed by atoms with Gasteiger partial charge in [-0.05, 0) is 35.4 Å². The molecule has 0 aliphatic carbocycles. The van der Waals surface area contributed by atoms with E-state index >= 15 is 0 Å². The molecule has 1 saturated heterocycles. The first-order valence-electron chi connectivity index (χ1n) is 8.37. The Bertz CT molecular complexity index is 977. The molecule has 0 aromatic heterocycles. The Kier molecular flexibility index (Phi) is 6.55. The molecule has 29 heavy (non-hydrogen) atoms. The number of thioether (sulfide) groups is 1. The van der Waals surface area contributed by atoms with Crippen molar-refractivity contribution in [2.24, 2.45) is 10.2 Å². The Labute approximate surface area is 168 Å². The molecule has 2 aromatic rings. The highest BCUT2D eigenvalue weighted by Crippen LogP contribution is 2.22. The van der Waals surface area contributed by atoms with Gasteiger partial charge in [0.1, 0.15) is 29.2 Å². The molecule has 3 rings (SSSR count). The zero-order valence-electron chi connectivity index (χ0n) is 14.8. The number of halogens is 2. The van der Waals surface area contributed by atoms with Crippen molar-refractivity contribution in [1.82, 2.24) is 5.32 Å². The molecule has 1 heterocycles. The molecule has 1 aliphatic heterocycles. The molecule has 7 nitrogen and oxygen atoms in total. The van der Waals surface area contributed by atoms with Crippen LogP contribution in [0.2, 0.25) is 0 Å². The second-order valence-corrected chi connectivity index (χ2v) is 7.17. The topological polar surface area (TPSA) is 100 Å². The third-order valence-electron chi connectivity index (χ3n) is 3.68. The summed E-state index contributed by atoms with van der Waals surface area (Å²) >= 11 is 1.00. The Morgan fingerprint density at radius 2 is 2.00 bits per heavy atom. The van der Waals surface area contributed by atoms with Gasteiger partial charge in [-0.3, -0.25) is 9.59 Å². The Balaban J connectivity index is 1.59. The first-order valence-corrected chi connectivity index (χ1v) is 9.25. The van der Waals surface area contributed by atoms with E-state index in [1.165, 1.54) is 18.3 Å². The molecule has 1 amide bonds. The average molecular weight is 419 g/mol. The van der Waals surface area contributed by atoms with Gasteiger partial charge in [0.05, 0.1) is 12.6 Å². The van der Waals surface area contributed by atoms with Crippen molar-refractivity contribution in [2.45, 2.75) is 18.3 Å². The van der Waals surface area contributed by atoms with Gasteiger partial charge in [-0.1, -0.05) is 23.9 Å². The van der Waals surface area contributed by atoms with E-state index in [1.54, 1.807) is 24.3 Å². The van der Waals surface area contributed by atoms with E-state index < -0.39 is 28.8 Å². The SMILES string of the molecule is O=C(O)CC1SC(=NN=Cc2cccc(OCc3cc(F)cc(F)c3)c2)NC1=O. The molecule has 10 heteroatoms. The molecular weight excluding hydrogens is 404 g/mol. The van der Waals surface area contributed by atoms with Gasteiger partial charge in [0.25, 0.3) is 0 Å². The number of amides is 1. The van der Waals surface area contributed by atoms with E-state index in [-0.39, 0.29) is 18.2 Å². The molecule has 0 spiro atoms. The highest BCUT2D eigenvalue weighted by atomic mass is 32.2. The number of carboxylic acid groups (broad SMARTS) is 1. The zero-order chi connectivity index (χ0) is 20.8. The van der Waals surface area contributed by atoms with Gasteiger partial charge in [0.2, 0.25) is 5.91 Å². The minimum atomic E-state index is -1.07. The smallest absolute Gasteiger partial charge is 0.305 e. The summed E-state index contributed by atoms with van der Waals surface area (Å²) in [6.07, 6.45) is 1.13. The number of amidine groups is 1. The van der Waals surface area contributed by atoms with Crippen LogP contribution >= 0.6 is 11.8 Å². The van der Waals surface area contributed by atoms with Crippen molar-refractivity contribution in [3.05, 3.63) is 65.2 Å². The average Bonchev–Trinajstić information content (AvgIpc) is 2.98. The lowest BCUT2D eigenvalue weighted by Gasteiger charge is -2.07. The summed E-state index contributed by atoms with van der Waals surface area (Å²) in [5, 5.41) is 18.5. The number of aliphatic carboxylic acids is 1. The number of nitrogens with zero attached hydrogens (tertiary/aromatic N) is 2. The fourth-order valence-corrected chi connectivity index (χ4v) is 3.35. The number of hydrogen-bond donors (Lipinski definition) is 2. The predicted octanol–water partition coefficient (Wildman–Crippen LogP) is 2.94. The van der Waals surface area contributed by atoms with Crippen LogP contribution in [0.1, 0.15) is 17.5 Å². The summed E-state index contributed by atoms with van der Waals surface area (Å²) in [4.78, 5) is 22.3. The van der Waals surface area contributed by atoms with Gasteiger partial charge in [-0.2, -0.15) is 5.10 Å². The molecule has 1 aliphatic rings. The maximum absolute atomic E-state index is 13.2. The highest BCUT2D eigenvalue weighted by Gasteiger charge is 2.32. The van der Waals surface area contributed by atoms with Crippen molar-refractivity contribution in [1.29, 1.82) is 0 Å². The van der Waals surface area contributed by atoms with Crippen molar-refractivity contribution >= 4 is 35.0 Å². The van der Waals surface area contributed by atoms with Gasteiger partial charge < -0.3 is 15.2 Å². The number of hydrogen-bond acceptors (Lipinski definition) is 6. The van der Waals surface area contributed by atoms with Crippen molar-refractivity contribution < 1.29 is 28.2 Å². The summed E-state index contributed by atoms with van der Waals surface area (Å²) in [5.74, 6) is -2.37. The Morgan fingerprint density at radius 3 is 2.72 bits per heavy atom. The van der Waals surface area contributed by atoms with E-state index in [0.717, 1.165) is 17.8 Å². The Morgan fingerprint density at radius 1 is 1.24 bits per heavy atom. The quantitative estimate of drug-likeness (QED) is 0.531. The third kappa shape index (κ3) is 6.11. The first kappa shape index (κ1) is 20.5. The Hall–Kier alpha value is -3.27. The van der Waals surface area contributed by atoms with Gasteiger partial charge >= 0.3 is 5.97 Å². The predicted molar refractivity (Wildman–Crippen MR) is 104 cm³/mol. The number of carbonyl (C=O) groups excluding carboxylic acids is 1. The minimum Gasteiger partial charge on any atom is -0.489 e. The maximum atomic E-state index is 13.2.